The molecule has 0 aliphatic heterocycles. The zero-order valence-electron chi connectivity index (χ0n) is 8.06. The van der Waals surface area contributed by atoms with Crippen molar-refractivity contribution in [3.05, 3.63) is 22.8 Å². The molecule has 0 atom stereocenters. The Labute approximate surface area is 78.4 Å². The average molecular weight is 181 g/mol. The van der Waals surface area contributed by atoms with Crippen LogP contribution in [0.1, 0.15) is 16.7 Å². The Morgan fingerprint density at radius 2 is 1.75 bits per heavy atom. The number of thioether (sulfide) groups is 1. The third kappa shape index (κ3) is 1.44. The van der Waals surface area contributed by atoms with Gasteiger partial charge >= 0.3 is 0 Å². The fraction of sp³-hybridized carbons (Fsp3) is 0.400. The number of nitrogen functional groups attached to an aromatic ring is 1. The Morgan fingerprint density at radius 1 is 1.17 bits per heavy atom. The maximum atomic E-state index is 5.94. The van der Waals surface area contributed by atoms with E-state index in [0.717, 1.165) is 5.69 Å². The molecule has 0 amide bonds. The molecule has 0 bridgehead atoms. The quantitative estimate of drug-likeness (QED) is 0.532. The molecule has 0 aliphatic carbocycles. The number of aryl methyl sites for hydroxylation is 1. The van der Waals surface area contributed by atoms with Gasteiger partial charge in [0.2, 0.25) is 0 Å². The predicted octanol–water partition coefficient (Wildman–Crippen LogP) is 2.92. The van der Waals surface area contributed by atoms with Crippen LogP contribution in [0, 0.1) is 20.8 Å². The second kappa shape index (κ2) is 3.40. The van der Waals surface area contributed by atoms with E-state index >= 15 is 0 Å². The predicted molar refractivity (Wildman–Crippen MR) is 56.8 cm³/mol. The molecule has 1 rings (SSSR count). The number of benzene rings is 1. The lowest BCUT2D eigenvalue weighted by Gasteiger charge is -2.11. The van der Waals surface area contributed by atoms with Crippen LogP contribution < -0.4 is 5.73 Å². The topological polar surface area (TPSA) is 26.0 Å². The summed E-state index contributed by atoms with van der Waals surface area (Å²) < 4.78 is 0. The molecule has 0 saturated heterocycles. The van der Waals surface area contributed by atoms with Gasteiger partial charge in [-0.25, -0.2) is 0 Å². The normalized spacial score (nSPS) is 10.3. The number of nitrogens with two attached hydrogens (primary N) is 1. The highest BCUT2D eigenvalue weighted by Crippen LogP contribution is 2.29. The Balaban J connectivity index is 3.39. The lowest BCUT2D eigenvalue weighted by Crippen LogP contribution is -1.97. The molecule has 0 aliphatic rings. The van der Waals surface area contributed by atoms with Gasteiger partial charge in [-0.15, -0.1) is 11.8 Å². The molecule has 0 aromatic heterocycles. The summed E-state index contributed by atoms with van der Waals surface area (Å²) in [5, 5.41) is 0. The Morgan fingerprint density at radius 3 is 2.25 bits per heavy atom. The van der Waals surface area contributed by atoms with Crippen molar-refractivity contribution in [2.45, 2.75) is 25.7 Å². The van der Waals surface area contributed by atoms with Crippen molar-refractivity contribution >= 4 is 17.4 Å². The molecular formula is C10H15NS. The molecule has 0 spiro atoms. The van der Waals surface area contributed by atoms with Gasteiger partial charge in [0.1, 0.15) is 0 Å². The first-order valence-corrected chi connectivity index (χ1v) is 5.20. The molecule has 1 nitrogen and oxygen atoms in total. The smallest absolute Gasteiger partial charge is 0.0484 e. The van der Waals surface area contributed by atoms with Gasteiger partial charge < -0.3 is 5.73 Å². The fourth-order valence-electron chi connectivity index (χ4n) is 1.23. The van der Waals surface area contributed by atoms with Crippen LogP contribution in [-0.4, -0.2) is 6.26 Å². The number of rotatable bonds is 1. The second-order valence-electron chi connectivity index (χ2n) is 3.06. The van der Waals surface area contributed by atoms with Crippen LogP contribution in [0.5, 0.6) is 0 Å². The van der Waals surface area contributed by atoms with E-state index in [-0.39, 0.29) is 0 Å². The average Bonchev–Trinajstić information content (AvgIpc) is 2.08. The summed E-state index contributed by atoms with van der Waals surface area (Å²) in [6, 6.07) is 2.16. The number of anilines is 1. The minimum Gasteiger partial charge on any atom is -0.398 e. The van der Waals surface area contributed by atoms with Gasteiger partial charge in [-0.2, -0.15) is 0 Å². The molecule has 0 saturated carbocycles. The summed E-state index contributed by atoms with van der Waals surface area (Å²) in [6.07, 6.45) is 2.06. The van der Waals surface area contributed by atoms with Gasteiger partial charge in [0.25, 0.3) is 0 Å². The van der Waals surface area contributed by atoms with Gasteiger partial charge in [0, 0.05) is 10.6 Å². The van der Waals surface area contributed by atoms with E-state index in [4.69, 9.17) is 5.73 Å². The van der Waals surface area contributed by atoms with Gasteiger partial charge in [0.05, 0.1) is 0 Å². The van der Waals surface area contributed by atoms with E-state index in [1.165, 1.54) is 21.6 Å². The van der Waals surface area contributed by atoms with Crippen molar-refractivity contribution in [3.63, 3.8) is 0 Å². The molecule has 0 fully saturated rings. The maximum absolute atomic E-state index is 5.94. The Hall–Kier alpha value is -0.630. The summed E-state index contributed by atoms with van der Waals surface area (Å²) in [7, 11) is 0. The molecule has 12 heavy (non-hydrogen) atoms. The second-order valence-corrected chi connectivity index (χ2v) is 3.91. The molecule has 0 heterocycles. The largest absolute Gasteiger partial charge is 0.398 e. The summed E-state index contributed by atoms with van der Waals surface area (Å²) >= 11 is 1.71. The van der Waals surface area contributed by atoms with Gasteiger partial charge in [0.15, 0.2) is 0 Å². The summed E-state index contributed by atoms with van der Waals surface area (Å²) in [5.41, 5.74) is 10.7. The SMILES string of the molecule is CSc1cc(C)c(C)c(C)c1N. The van der Waals surface area contributed by atoms with Gasteiger partial charge in [-0.3, -0.25) is 0 Å². The molecule has 66 valence electrons. The van der Waals surface area contributed by atoms with Crippen LogP contribution >= 0.6 is 11.8 Å². The highest BCUT2D eigenvalue weighted by atomic mass is 32.2. The van der Waals surface area contributed by atoms with Crippen molar-refractivity contribution in [3.8, 4) is 0 Å². The third-order valence-electron chi connectivity index (χ3n) is 2.39. The lowest BCUT2D eigenvalue weighted by atomic mass is 10.0. The van der Waals surface area contributed by atoms with Crippen LogP contribution in [0.2, 0.25) is 0 Å². The highest BCUT2D eigenvalue weighted by Gasteiger charge is 2.05. The molecule has 2 N–H and O–H groups in total. The minimum absolute atomic E-state index is 0.936. The van der Waals surface area contributed by atoms with Gasteiger partial charge in [-0.1, -0.05) is 0 Å². The van der Waals surface area contributed by atoms with Crippen LogP contribution in [0.3, 0.4) is 0 Å². The molecule has 0 unspecified atom stereocenters. The zero-order valence-corrected chi connectivity index (χ0v) is 8.88. The van der Waals surface area contributed by atoms with Gasteiger partial charge in [-0.05, 0) is 49.8 Å². The number of hydrogen-bond acceptors (Lipinski definition) is 2. The standard InChI is InChI=1S/C10H15NS/c1-6-5-9(12-4)10(11)8(3)7(6)2/h5H,11H2,1-4H3. The maximum Gasteiger partial charge on any atom is 0.0484 e. The van der Waals surface area contributed by atoms with Crippen LogP contribution in [-0.2, 0) is 0 Å². The zero-order chi connectivity index (χ0) is 9.30. The molecule has 1 aromatic rings. The number of hydrogen-bond donors (Lipinski definition) is 1. The summed E-state index contributed by atoms with van der Waals surface area (Å²) in [5.74, 6) is 0. The first-order valence-electron chi connectivity index (χ1n) is 3.98. The first kappa shape index (κ1) is 9.46. The van der Waals surface area contributed by atoms with E-state index < -0.39 is 0 Å². The third-order valence-corrected chi connectivity index (χ3v) is 3.17. The van der Waals surface area contributed by atoms with Crippen LogP contribution in [0.25, 0.3) is 0 Å². The molecular weight excluding hydrogens is 166 g/mol. The molecule has 1 aromatic carbocycles. The highest BCUT2D eigenvalue weighted by molar-refractivity contribution is 7.98. The van der Waals surface area contributed by atoms with E-state index in [9.17, 15) is 0 Å². The van der Waals surface area contributed by atoms with Crippen molar-refractivity contribution in [2.24, 2.45) is 0 Å². The van der Waals surface area contributed by atoms with E-state index in [1.54, 1.807) is 11.8 Å². The minimum atomic E-state index is 0.936. The monoisotopic (exact) mass is 181 g/mol. The van der Waals surface area contributed by atoms with Crippen molar-refractivity contribution in [2.75, 3.05) is 12.0 Å². The lowest BCUT2D eigenvalue weighted by molar-refractivity contribution is 1.22. The van der Waals surface area contributed by atoms with Crippen LogP contribution in [0.15, 0.2) is 11.0 Å². The Bertz CT molecular complexity index is 305. The fourth-order valence-corrected chi connectivity index (χ4v) is 1.90. The molecule has 0 radical (unpaired) electrons. The summed E-state index contributed by atoms with van der Waals surface area (Å²) in [6.45, 7) is 6.32. The van der Waals surface area contributed by atoms with E-state index in [1.807, 2.05) is 0 Å². The van der Waals surface area contributed by atoms with Crippen molar-refractivity contribution in [1.82, 2.24) is 0 Å². The van der Waals surface area contributed by atoms with Crippen LogP contribution in [0.4, 0.5) is 5.69 Å². The Kier molecular flexibility index (Phi) is 2.68. The summed E-state index contributed by atoms with van der Waals surface area (Å²) in [4.78, 5) is 1.19. The van der Waals surface area contributed by atoms with Crippen molar-refractivity contribution in [1.29, 1.82) is 0 Å². The van der Waals surface area contributed by atoms with E-state index in [0.29, 0.717) is 0 Å². The molecule has 2 heteroatoms. The van der Waals surface area contributed by atoms with Crippen molar-refractivity contribution < 1.29 is 0 Å². The van der Waals surface area contributed by atoms with E-state index in [2.05, 4.69) is 33.1 Å². The first-order chi connectivity index (χ1) is 5.57.